The smallest absolute Gasteiger partial charge is 0.151 e. The molecule has 6 aromatic carbocycles. The number of allylic oxidation sites excluding steroid dienone is 9. The van der Waals surface area contributed by atoms with Crippen LogP contribution in [-0.2, 0) is 6.42 Å². The van der Waals surface area contributed by atoms with Crippen LogP contribution in [0.5, 0.6) is 11.5 Å². The van der Waals surface area contributed by atoms with E-state index >= 15 is 0 Å². The zero-order valence-corrected chi connectivity index (χ0v) is 34.7. The topological polar surface area (TPSA) is 24.9 Å². The highest BCUT2D eigenvalue weighted by atomic mass is 16.5. The molecule has 0 fully saturated rings. The summed E-state index contributed by atoms with van der Waals surface area (Å²) >= 11 is 0. The molecule has 4 heteroatoms. The maximum Gasteiger partial charge on any atom is 0.151 e. The molecule has 12 rings (SSSR count). The van der Waals surface area contributed by atoms with E-state index in [4.69, 9.17) is 9.47 Å². The third-order valence-electron chi connectivity index (χ3n) is 13.3. The quantitative estimate of drug-likeness (QED) is 0.173. The van der Waals surface area contributed by atoms with Crippen molar-refractivity contribution in [1.29, 1.82) is 0 Å². The predicted molar refractivity (Wildman–Crippen MR) is 255 cm³/mol. The molecule has 0 radical (unpaired) electrons. The summed E-state index contributed by atoms with van der Waals surface area (Å²) in [6.07, 6.45) is 28.5. The van der Waals surface area contributed by atoms with Gasteiger partial charge in [-0.15, -0.1) is 0 Å². The van der Waals surface area contributed by atoms with Gasteiger partial charge in [-0.05, 0) is 142 Å². The summed E-state index contributed by atoms with van der Waals surface area (Å²) in [7, 11) is 0. The van der Waals surface area contributed by atoms with Crippen molar-refractivity contribution < 1.29 is 9.47 Å². The Kier molecular flexibility index (Phi) is 8.84. The maximum absolute atomic E-state index is 6.76. The van der Waals surface area contributed by atoms with Gasteiger partial charge in [0.2, 0.25) is 0 Å². The predicted octanol–water partition coefficient (Wildman–Crippen LogP) is 11.9. The lowest BCUT2D eigenvalue weighted by atomic mass is 9.76. The minimum absolute atomic E-state index is 0.0493. The number of aryl methyl sites for hydroxylation is 1. The van der Waals surface area contributed by atoms with Gasteiger partial charge in [-0.25, -0.2) is 0 Å². The van der Waals surface area contributed by atoms with Crippen molar-refractivity contribution in [3.05, 3.63) is 238 Å². The van der Waals surface area contributed by atoms with Crippen LogP contribution in [0.2, 0.25) is 0 Å². The van der Waals surface area contributed by atoms with Crippen LogP contribution < -0.4 is 29.7 Å². The second-order valence-corrected chi connectivity index (χ2v) is 16.8. The number of fused-ring (bicyclic) bond motifs is 6. The van der Waals surface area contributed by atoms with E-state index in [2.05, 4.69) is 211 Å². The van der Waals surface area contributed by atoms with Crippen molar-refractivity contribution in [2.24, 2.45) is 0 Å². The number of nitrogens with zero attached hydrogens (tertiary/aromatic N) is 2. The first kappa shape index (κ1) is 36.5. The minimum Gasteiger partial charge on any atom is -0.482 e. The lowest BCUT2D eigenvalue weighted by molar-refractivity contribution is 0.218. The molecule has 0 N–H and O–H groups in total. The van der Waals surface area contributed by atoms with Crippen LogP contribution in [0.3, 0.4) is 0 Å². The zero-order valence-electron chi connectivity index (χ0n) is 34.7. The normalized spacial score (nSPS) is 21.3. The van der Waals surface area contributed by atoms with E-state index in [1.54, 1.807) is 0 Å². The molecule has 2 heterocycles. The highest BCUT2D eigenvalue weighted by Gasteiger charge is 2.42. The Bertz CT molecular complexity index is 3190. The van der Waals surface area contributed by atoms with Crippen molar-refractivity contribution in [3.63, 3.8) is 0 Å². The Morgan fingerprint density at radius 3 is 2.31 bits per heavy atom. The number of benzene rings is 6. The van der Waals surface area contributed by atoms with Gasteiger partial charge in [-0.3, -0.25) is 0 Å². The molecule has 3 unspecified atom stereocenters. The number of hydrogen-bond acceptors (Lipinski definition) is 4. The van der Waals surface area contributed by atoms with Gasteiger partial charge in [0.25, 0.3) is 0 Å². The fourth-order valence-electron chi connectivity index (χ4n) is 10.6. The summed E-state index contributed by atoms with van der Waals surface area (Å²) in [5.41, 5.74) is 13.3. The molecule has 0 spiro atoms. The van der Waals surface area contributed by atoms with E-state index < -0.39 is 0 Å². The Morgan fingerprint density at radius 1 is 0.645 bits per heavy atom. The monoisotopic (exact) mass is 802 g/mol. The third-order valence-corrected chi connectivity index (χ3v) is 13.3. The number of ether oxygens (including phenoxy) is 2. The van der Waals surface area contributed by atoms with Crippen LogP contribution in [-0.4, -0.2) is 18.2 Å². The van der Waals surface area contributed by atoms with Crippen molar-refractivity contribution in [2.45, 2.75) is 50.8 Å². The van der Waals surface area contributed by atoms with E-state index in [1.165, 1.54) is 65.9 Å². The van der Waals surface area contributed by atoms with E-state index in [0.29, 0.717) is 0 Å². The fraction of sp³-hybridized carbons (Fsp3) is 0.138. The molecular weight excluding hydrogens is 757 g/mol. The van der Waals surface area contributed by atoms with Gasteiger partial charge in [-0.2, -0.15) is 0 Å². The third kappa shape index (κ3) is 5.89. The molecule has 0 bridgehead atoms. The molecule has 3 atom stereocenters. The summed E-state index contributed by atoms with van der Waals surface area (Å²) < 4.78 is 13.5. The summed E-state index contributed by atoms with van der Waals surface area (Å²) in [4.78, 5) is 5.17. The molecule has 0 saturated carbocycles. The Labute approximate surface area is 363 Å². The first-order valence-electron chi connectivity index (χ1n) is 22.1. The minimum atomic E-state index is -0.222. The number of hydrogen-bond donors (Lipinski definition) is 0. The highest BCUT2D eigenvalue weighted by molar-refractivity contribution is 5.97. The van der Waals surface area contributed by atoms with Gasteiger partial charge in [0.1, 0.15) is 17.6 Å². The van der Waals surface area contributed by atoms with E-state index in [0.717, 1.165) is 60.0 Å². The van der Waals surface area contributed by atoms with E-state index in [1.807, 2.05) is 0 Å². The molecular formula is C58H46N2O2. The van der Waals surface area contributed by atoms with Gasteiger partial charge in [-0.1, -0.05) is 140 Å². The van der Waals surface area contributed by atoms with Crippen molar-refractivity contribution >= 4 is 45.1 Å². The van der Waals surface area contributed by atoms with Gasteiger partial charge >= 0.3 is 0 Å². The van der Waals surface area contributed by atoms with Crippen molar-refractivity contribution in [2.75, 3.05) is 9.80 Å². The molecule has 2 aliphatic heterocycles. The van der Waals surface area contributed by atoms with Gasteiger partial charge in [0.15, 0.2) is 5.75 Å². The van der Waals surface area contributed by atoms with Crippen molar-refractivity contribution in [1.82, 2.24) is 0 Å². The largest absolute Gasteiger partial charge is 0.482 e. The molecule has 0 amide bonds. The van der Waals surface area contributed by atoms with Crippen molar-refractivity contribution in [3.8, 4) is 11.5 Å². The lowest BCUT2D eigenvalue weighted by Gasteiger charge is -2.45. The van der Waals surface area contributed by atoms with Crippen LogP contribution in [0.25, 0.3) is 28.0 Å². The van der Waals surface area contributed by atoms with Gasteiger partial charge in [0.05, 0.1) is 34.8 Å². The molecule has 0 aromatic heterocycles. The molecule has 300 valence electrons. The SMILES string of the molecule is C/C=C\C=C1\C(c2ccc3c(c2)C=CCC3)=c2c(N3c4ccccc4OC4C=CC=CC43)cccc2=C(c2ccc3ccccc3c2)C1N1C2=C(C=CCC2)Oc2ccccc21. The van der Waals surface area contributed by atoms with Gasteiger partial charge < -0.3 is 19.3 Å². The van der Waals surface area contributed by atoms with Crippen LogP contribution in [0.4, 0.5) is 17.1 Å². The number of para-hydroxylation sites is 4. The summed E-state index contributed by atoms with van der Waals surface area (Å²) in [6.45, 7) is 2.12. The Morgan fingerprint density at radius 2 is 1.40 bits per heavy atom. The lowest BCUT2D eigenvalue weighted by Crippen LogP contribution is -2.52. The summed E-state index contributed by atoms with van der Waals surface area (Å²) in [5, 5.41) is 4.89. The second kappa shape index (κ2) is 15.0. The molecule has 4 nitrogen and oxygen atoms in total. The molecule has 6 aliphatic rings. The number of anilines is 3. The first-order valence-corrected chi connectivity index (χ1v) is 22.1. The van der Waals surface area contributed by atoms with Gasteiger partial charge in [0, 0.05) is 5.22 Å². The second-order valence-electron chi connectivity index (χ2n) is 16.8. The number of rotatable bonds is 5. The maximum atomic E-state index is 6.76. The average molecular weight is 803 g/mol. The molecule has 62 heavy (non-hydrogen) atoms. The summed E-state index contributed by atoms with van der Waals surface area (Å²) in [6, 6.07) is 46.9. The fourth-order valence-corrected chi connectivity index (χ4v) is 10.6. The molecule has 6 aromatic rings. The average Bonchev–Trinajstić information content (AvgIpc) is 3.33. The molecule has 0 saturated heterocycles. The Hall–Kier alpha value is -7.30. The van der Waals surface area contributed by atoms with Crippen LogP contribution in [0.1, 0.15) is 48.4 Å². The molecule has 4 aliphatic carbocycles. The van der Waals surface area contributed by atoms with E-state index in [9.17, 15) is 0 Å². The highest BCUT2D eigenvalue weighted by Crippen LogP contribution is 2.49. The standard InChI is InChI=1S/C58H46N2O2/c1-2-3-21-45-55(42-34-32-38-17-4-6-19-40(38)36-42)57-44(22-16-27-50(57)59-46-23-8-12-28-51(46)61-52-29-13-9-24-47(52)59)56(43-35-33-39-18-5-7-20-41(39)37-43)58(45)60-48-25-10-14-30-53(48)62-54-31-15-11-26-49(54)60/h2-3,5-10,12-16,18-25,27-37,46,51,58H,4,11,17,26H2,1H3/b3-2-,45-21-. The van der Waals surface area contributed by atoms with E-state index in [-0.39, 0.29) is 18.2 Å². The first-order chi connectivity index (χ1) is 30.7. The van der Waals surface area contributed by atoms with Crippen LogP contribution >= 0.6 is 0 Å². The van der Waals surface area contributed by atoms with Crippen LogP contribution in [0, 0.1) is 0 Å². The van der Waals surface area contributed by atoms with Crippen LogP contribution in [0.15, 0.2) is 205 Å². The summed E-state index contributed by atoms with van der Waals surface area (Å²) in [5.74, 6) is 2.68. The Balaban J connectivity index is 1.27. The zero-order chi connectivity index (χ0) is 41.1.